The first-order valence-electron chi connectivity index (χ1n) is 22.6. The molecule has 0 aliphatic rings. The minimum Gasteiger partial charge on any atom is -0.309 e. The van der Waals surface area contributed by atoms with Crippen molar-refractivity contribution in [1.82, 2.24) is 28.1 Å². The van der Waals surface area contributed by atoms with Crippen molar-refractivity contribution >= 4 is 114 Å². The highest BCUT2D eigenvalue weighted by molar-refractivity contribution is 6.38. The molecule has 6 nitrogen and oxygen atoms in total. The van der Waals surface area contributed by atoms with Crippen LogP contribution in [0.5, 0.6) is 0 Å². The highest BCUT2D eigenvalue weighted by atomic mass is 15.2. The zero-order chi connectivity index (χ0) is 42.8. The molecule has 0 fully saturated rings. The monoisotopic (exact) mass is 838 g/mol. The second kappa shape index (κ2) is 12.4. The molecule has 0 saturated heterocycles. The van der Waals surface area contributed by atoms with E-state index in [0.29, 0.717) is 5.95 Å². The Labute approximate surface area is 375 Å². The van der Waals surface area contributed by atoms with Crippen molar-refractivity contribution in [3.63, 3.8) is 0 Å². The van der Waals surface area contributed by atoms with Gasteiger partial charge >= 0.3 is 0 Å². The van der Waals surface area contributed by atoms with Gasteiger partial charge in [0.15, 0.2) is 0 Å². The van der Waals surface area contributed by atoms with E-state index in [1.165, 1.54) is 76.2 Å². The van der Waals surface area contributed by atoms with Crippen LogP contribution in [0, 0.1) is 0 Å². The minimum absolute atomic E-state index is 0.644. The van der Waals surface area contributed by atoms with Crippen LogP contribution in [0.25, 0.3) is 143 Å². The number of rotatable bonds is 4. The van der Waals surface area contributed by atoms with E-state index in [9.17, 15) is 0 Å². The molecule has 0 radical (unpaired) electrons. The minimum atomic E-state index is 0.644. The van der Waals surface area contributed by atoms with Gasteiger partial charge in [-0.3, -0.25) is 4.57 Å². The summed E-state index contributed by atoms with van der Waals surface area (Å²) in [7, 11) is 0. The standard InChI is InChI=1S/C60H34N6/c1-3-15-37(16-4-1)63-45-22-11-9-20-40(45)42-28-26-36(34-52(42)63)58-53-39-19-8-7-14-35(39)27-30-44(53)61-60(62-58)66-50-33-32-49-55-54-47(64(49)38-17-5-2-6-18-38)24-13-25-48(54)65-46-23-12-10-21-41(46)43-29-31-51(66)57(56(50)55)59(43)65/h1-34H. The maximum atomic E-state index is 5.79. The van der Waals surface area contributed by atoms with Crippen molar-refractivity contribution in [3.8, 4) is 28.6 Å². The second-order valence-corrected chi connectivity index (χ2v) is 17.7. The average Bonchev–Trinajstić information content (AvgIpc) is 4.08. The number of para-hydroxylation sites is 4. The lowest BCUT2D eigenvalue weighted by Gasteiger charge is -2.14. The molecule has 0 aliphatic heterocycles. The fourth-order valence-electron chi connectivity index (χ4n) is 11.8. The van der Waals surface area contributed by atoms with Gasteiger partial charge in [0.1, 0.15) is 0 Å². The molecule has 0 unspecified atom stereocenters. The smallest absolute Gasteiger partial charge is 0.235 e. The van der Waals surface area contributed by atoms with E-state index >= 15 is 0 Å². The Morgan fingerprint density at radius 2 is 0.864 bits per heavy atom. The summed E-state index contributed by atoms with van der Waals surface area (Å²) in [6.07, 6.45) is 0. The second-order valence-electron chi connectivity index (χ2n) is 17.7. The summed E-state index contributed by atoms with van der Waals surface area (Å²) in [4.78, 5) is 11.4. The van der Waals surface area contributed by atoms with E-state index in [0.717, 1.165) is 60.9 Å². The van der Waals surface area contributed by atoms with Crippen LogP contribution in [0.2, 0.25) is 0 Å². The Kier molecular flexibility index (Phi) is 6.47. The topological polar surface area (TPSA) is 45.0 Å². The summed E-state index contributed by atoms with van der Waals surface area (Å²) in [6.45, 7) is 0. The molecule has 6 heterocycles. The SMILES string of the molecule is c1ccc(-n2c3ccccc3c3ccc(-c4nc(-n5c6ccc7c8c6c6c5ccc5c9ccccc9n(c9cccc(c89)n7-c7ccccc7)c56)nc5ccc6ccccc6c45)cc32)cc1. The van der Waals surface area contributed by atoms with Gasteiger partial charge in [0.05, 0.1) is 60.9 Å². The molecule has 0 spiro atoms. The molecule has 0 saturated carbocycles. The molecule has 16 aromatic rings. The number of hydrogen-bond acceptors (Lipinski definition) is 2. The third-order valence-electron chi connectivity index (χ3n) is 14.5. The third kappa shape index (κ3) is 4.26. The summed E-state index contributed by atoms with van der Waals surface area (Å²) in [5.41, 5.74) is 15.5. The predicted molar refractivity (Wildman–Crippen MR) is 274 cm³/mol. The van der Waals surface area contributed by atoms with Crippen LogP contribution in [0.3, 0.4) is 0 Å². The fraction of sp³-hybridized carbons (Fsp3) is 0. The highest BCUT2D eigenvalue weighted by Gasteiger charge is 2.28. The molecular formula is C60H34N6. The molecule has 6 heteroatoms. The van der Waals surface area contributed by atoms with Gasteiger partial charge in [-0.2, -0.15) is 0 Å². The zero-order valence-corrected chi connectivity index (χ0v) is 35.3. The van der Waals surface area contributed by atoms with Crippen molar-refractivity contribution in [2.24, 2.45) is 0 Å². The first kappa shape index (κ1) is 34.5. The van der Waals surface area contributed by atoms with Crippen LogP contribution in [-0.4, -0.2) is 28.1 Å². The highest BCUT2D eigenvalue weighted by Crippen LogP contribution is 2.49. The maximum Gasteiger partial charge on any atom is 0.235 e. The molecule has 0 bridgehead atoms. The van der Waals surface area contributed by atoms with E-state index in [2.05, 4.69) is 224 Å². The van der Waals surface area contributed by atoms with Crippen LogP contribution in [0.1, 0.15) is 0 Å². The zero-order valence-electron chi connectivity index (χ0n) is 35.3. The molecule has 304 valence electrons. The number of fused-ring (bicyclic) bond motifs is 10. The lowest BCUT2D eigenvalue weighted by atomic mass is 9.99. The third-order valence-corrected chi connectivity index (χ3v) is 14.5. The van der Waals surface area contributed by atoms with Crippen LogP contribution < -0.4 is 0 Å². The van der Waals surface area contributed by atoms with Crippen molar-refractivity contribution in [3.05, 3.63) is 206 Å². The molecule has 0 N–H and O–H groups in total. The Bertz CT molecular complexity index is 4680. The van der Waals surface area contributed by atoms with Gasteiger partial charge in [-0.15, -0.1) is 0 Å². The molecule has 16 rings (SSSR count). The molecule has 6 aromatic heterocycles. The van der Waals surface area contributed by atoms with Crippen molar-refractivity contribution in [2.75, 3.05) is 0 Å². The quantitative estimate of drug-likeness (QED) is 0.166. The Balaban J connectivity index is 1.07. The van der Waals surface area contributed by atoms with E-state index in [1.54, 1.807) is 0 Å². The van der Waals surface area contributed by atoms with Crippen molar-refractivity contribution < 1.29 is 0 Å². The number of hydrogen-bond donors (Lipinski definition) is 0. The molecule has 66 heavy (non-hydrogen) atoms. The van der Waals surface area contributed by atoms with Crippen LogP contribution in [0.4, 0.5) is 0 Å². The fourth-order valence-corrected chi connectivity index (χ4v) is 11.8. The lowest BCUT2D eigenvalue weighted by Crippen LogP contribution is -2.04. The first-order valence-corrected chi connectivity index (χ1v) is 22.6. The summed E-state index contributed by atoms with van der Waals surface area (Å²) in [5.74, 6) is 0.644. The average molecular weight is 839 g/mol. The summed E-state index contributed by atoms with van der Waals surface area (Å²) < 4.78 is 9.68. The van der Waals surface area contributed by atoms with Gasteiger partial charge in [0.25, 0.3) is 0 Å². The van der Waals surface area contributed by atoms with Crippen LogP contribution in [0.15, 0.2) is 206 Å². The van der Waals surface area contributed by atoms with Gasteiger partial charge in [0.2, 0.25) is 5.95 Å². The molecular weight excluding hydrogens is 805 g/mol. The molecule has 10 aromatic carbocycles. The normalized spacial score (nSPS) is 12.5. The lowest BCUT2D eigenvalue weighted by molar-refractivity contribution is 1.01. The van der Waals surface area contributed by atoms with Crippen molar-refractivity contribution in [1.29, 1.82) is 0 Å². The Morgan fingerprint density at radius 3 is 1.67 bits per heavy atom. The summed E-state index contributed by atoms with van der Waals surface area (Å²) in [6, 6.07) is 74.9. The summed E-state index contributed by atoms with van der Waals surface area (Å²) >= 11 is 0. The Morgan fingerprint density at radius 1 is 0.303 bits per heavy atom. The van der Waals surface area contributed by atoms with Gasteiger partial charge < -0.3 is 13.5 Å². The van der Waals surface area contributed by atoms with E-state index in [4.69, 9.17) is 9.97 Å². The van der Waals surface area contributed by atoms with Crippen LogP contribution >= 0.6 is 0 Å². The number of benzene rings is 10. The molecule has 0 atom stereocenters. The molecule has 0 aliphatic carbocycles. The maximum absolute atomic E-state index is 5.79. The van der Waals surface area contributed by atoms with E-state index < -0.39 is 0 Å². The van der Waals surface area contributed by atoms with Crippen LogP contribution in [-0.2, 0) is 0 Å². The number of nitrogens with zero attached hydrogens (tertiary/aromatic N) is 6. The van der Waals surface area contributed by atoms with Gasteiger partial charge in [-0.05, 0) is 89.6 Å². The molecule has 0 amide bonds. The predicted octanol–water partition coefficient (Wildman–Crippen LogP) is 15.2. The number of aromatic nitrogens is 6. The van der Waals surface area contributed by atoms with Gasteiger partial charge in [0, 0.05) is 65.4 Å². The van der Waals surface area contributed by atoms with E-state index in [-0.39, 0.29) is 0 Å². The van der Waals surface area contributed by atoms with Gasteiger partial charge in [-0.25, -0.2) is 9.97 Å². The van der Waals surface area contributed by atoms with Gasteiger partial charge in [-0.1, -0.05) is 127 Å². The largest absolute Gasteiger partial charge is 0.309 e. The van der Waals surface area contributed by atoms with Crippen molar-refractivity contribution in [2.45, 2.75) is 0 Å². The summed E-state index contributed by atoms with van der Waals surface area (Å²) in [5, 5.41) is 13.2. The first-order chi connectivity index (χ1) is 32.8. The van der Waals surface area contributed by atoms with E-state index in [1.807, 2.05) is 0 Å². The Hall–Kier alpha value is -9.00.